The van der Waals surface area contributed by atoms with Crippen LogP contribution in [-0.2, 0) is 0 Å². The molecule has 98 valence electrons. The fourth-order valence-electron chi connectivity index (χ4n) is 2.17. The van der Waals surface area contributed by atoms with Crippen molar-refractivity contribution in [3.8, 4) is 6.07 Å². The molecule has 1 aliphatic carbocycles. The van der Waals surface area contributed by atoms with Crippen LogP contribution in [0, 0.1) is 23.2 Å². The number of nitrogens with zero attached hydrogens (tertiary/aromatic N) is 1. The first-order valence-corrected chi connectivity index (χ1v) is 7.05. The van der Waals surface area contributed by atoms with E-state index >= 15 is 0 Å². The lowest BCUT2D eigenvalue weighted by molar-refractivity contribution is -0.129. The molecule has 0 N–H and O–H groups in total. The van der Waals surface area contributed by atoms with E-state index in [2.05, 4.69) is 13.0 Å². The van der Waals surface area contributed by atoms with Crippen molar-refractivity contribution in [3.63, 3.8) is 0 Å². The maximum atomic E-state index is 12.0. The summed E-state index contributed by atoms with van der Waals surface area (Å²) in [5.74, 6) is 0.994. The highest BCUT2D eigenvalue weighted by Crippen LogP contribution is 2.36. The van der Waals surface area contributed by atoms with E-state index in [-0.39, 0.29) is 16.9 Å². The Morgan fingerprint density at radius 1 is 1.29 bits per heavy atom. The molecule has 5 heteroatoms. The van der Waals surface area contributed by atoms with Crippen LogP contribution in [0.25, 0.3) is 0 Å². The van der Waals surface area contributed by atoms with Gasteiger partial charge in [-0.3, -0.25) is 0 Å². The second-order valence-electron chi connectivity index (χ2n) is 4.81. The number of halogens is 3. The highest BCUT2D eigenvalue weighted by Gasteiger charge is 2.30. The third kappa shape index (κ3) is 5.67. The highest BCUT2D eigenvalue weighted by molar-refractivity contribution is 8.00. The third-order valence-corrected chi connectivity index (χ3v) is 4.59. The maximum absolute atomic E-state index is 12.0. The van der Waals surface area contributed by atoms with Crippen molar-refractivity contribution >= 4 is 11.8 Å². The summed E-state index contributed by atoms with van der Waals surface area (Å²) in [6, 6.07) is 2.17. The summed E-state index contributed by atoms with van der Waals surface area (Å²) in [6.45, 7) is 2.19. The smallest absolute Gasteiger partial charge is 0.197 e. The van der Waals surface area contributed by atoms with Gasteiger partial charge in [-0.2, -0.15) is 18.4 Å². The molecule has 1 aliphatic rings. The van der Waals surface area contributed by atoms with Crippen LogP contribution >= 0.6 is 11.8 Å². The maximum Gasteiger partial charge on any atom is 0.389 e. The largest absolute Gasteiger partial charge is 0.389 e. The van der Waals surface area contributed by atoms with Gasteiger partial charge in [0.1, 0.15) is 0 Å². The van der Waals surface area contributed by atoms with Gasteiger partial charge in [0.15, 0.2) is 0 Å². The Labute approximate surface area is 105 Å². The molecule has 1 unspecified atom stereocenters. The zero-order chi connectivity index (χ0) is 12.9. The monoisotopic (exact) mass is 265 g/mol. The van der Waals surface area contributed by atoms with Gasteiger partial charge in [0, 0.05) is 5.75 Å². The molecule has 1 rings (SSSR count). The second kappa shape index (κ2) is 6.53. The molecule has 0 aliphatic heterocycles. The minimum absolute atomic E-state index is 0.00772. The summed E-state index contributed by atoms with van der Waals surface area (Å²) < 4.78 is 36.0. The SMILES string of the molecule is CC1CCC(C(C#N)SCCC(F)(F)F)CC1. The van der Waals surface area contributed by atoms with Crippen molar-refractivity contribution < 1.29 is 13.2 Å². The van der Waals surface area contributed by atoms with Crippen molar-refractivity contribution in [2.45, 2.75) is 50.5 Å². The van der Waals surface area contributed by atoms with Crippen LogP contribution in [0.4, 0.5) is 13.2 Å². The molecule has 0 saturated heterocycles. The van der Waals surface area contributed by atoms with Crippen molar-refractivity contribution in [2.75, 3.05) is 5.75 Å². The van der Waals surface area contributed by atoms with Crippen LogP contribution < -0.4 is 0 Å². The average Bonchev–Trinajstić information content (AvgIpc) is 2.24. The molecule has 1 fully saturated rings. The van der Waals surface area contributed by atoms with Crippen LogP contribution in [0.3, 0.4) is 0 Å². The summed E-state index contributed by atoms with van der Waals surface area (Å²) in [6.07, 6.45) is -0.727. The van der Waals surface area contributed by atoms with E-state index in [4.69, 9.17) is 5.26 Å². The Kier molecular flexibility index (Phi) is 5.64. The number of hydrogen-bond donors (Lipinski definition) is 0. The summed E-state index contributed by atoms with van der Waals surface area (Å²) >= 11 is 1.18. The Morgan fingerprint density at radius 3 is 2.35 bits per heavy atom. The zero-order valence-electron chi connectivity index (χ0n) is 9.96. The molecule has 0 aromatic heterocycles. The van der Waals surface area contributed by atoms with Gasteiger partial charge in [-0.15, -0.1) is 11.8 Å². The van der Waals surface area contributed by atoms with Gasteiger partial charge in [0.25, 0.3) is 0 Å². The molecule has 0 aromatic carbocycles. The lowest BCUT2D eigenvalue weighted by Gasteiger charge is -2.29. The van der Waals surface area contributed by atoms with Gasteiger partial charge in [0.2, 0.25) is 0 Å². The van der Waals surface area contributed by atoms with Crippen molar-refractivity contribution in [2.24, 2.45) is 11.8 Å². The van der Waals surface area contributed by atoms with Crippen molar-refractivity contribution in [1.29, 1.82) is 5.26 Å². The Morgan fingerprint density at radius 2 is 1.88 bits per heavy atom. The van der Waals surface area contributed by atoms with Gasteiger partial charge in [-0.1, -0.05) is 19.8 Å². The Balaban J connectivity index is 2.31. The number of nitriles is 1. The molecular formula is C12H18F3NS. The lowest BCUT2D eigenvalue weighted by atomic mass is 9.81. The van der Waals surface area contributed by atoms with Gasteiger partial charge in [-0.25, -0.2) is 0 Å². The number of alkyl halides is 3. The molecule has 1 nitrogen and oxygen atoms in total. The quantitative estimate of drug-likeness (QED) is 0.752. The molecule has 1 saturated carbocycles. The minimum atomic E-state index is -4.10. The van der Waals surface area contributed by atoms with E-state index in [1.165, 1.54) is 11.8 Å². The fraction of sp³-hybridized carbons (Fsp3) is 0.917. The van der Waals surface area contributed by atoms with Crippen molar-refractivity contribution in [3.05, 3.63) is 0 Å². The van der Waals surface area contributed by atoms with Crippen LogP contribution in [0.15, 0.2) is 0 Å². The second-order valence-corrected chi connectivity index (χ2v) is 6.06. The standard InChI is InChI=1S/C12H18F3NS/c1-9-2-4-10(5-3-9)11(8-16)17-7-6-12(13,14)15/h9-11H,2-7H2,1H3. The molecule has 0 amide bonds. The topological polar surface area (TPSA) is 23.8 Å². The highest BCUT2D eigenvalue weighted by atomic mass is 32.2. The third-order valence-electron chi connectivity index (χ3n) is 3.30. The van der Waals surface area contributed by atoms with Crippen LogP contribution in [0.5, 0.6) is 0 Å². The van der Waals surface area contributed by atoms with E-state index in [0.29, 0.717) is 5.92 Å². The van der Waals surface area contributed by atoms with E-state index < -0.39 is 12.6 Å². The van der Waals surface area contributed by atoms with Crippen LogP contribution in [0.1, 0.15) is 39.0 Å². The van der Waals surface area contributed by atoms with Gasteiger partial charge < -0.3 is 0 Å². The molecule has 0 heterocycles. The Hall–Kier alpha value is -0.370. The molecule has 0 spiro atoms. The van der Waals surface area contributed by atoms with E-state index in [1.807, 2.05) is 0 Å². The predicted molar refractivity (Wildman–Crippen MR) is 63.7 cm³/mol. The number of thioether (sulfide) groups is 1. The van der Waals surface area contributed by atoms with E-state index in [1.54, 1.807) is 0 Å². The van der Waals surface area contributed by atoms with Gasteiger partial charge >= 0.3 is 6.18 Å². The average molecular weight is 265 g/mol. The first kappa shape index (κ1) is 14.7. The number of rotatable bonds is 4. The molecular weight excluding hydrogens is 247 g/mol. The van der Waals surface area contributed by atoms with E-state index in [0.717, 1.165) is 25.7 Å². The summed E-state index contributed by atoms with van der Waals surface area (Å²) in [4.78, 5) is 0. The molecule has 0 radical (unpaired) electrons. The number of hydrogen-bond acceptors (Lipinski definition) is 2. The summed E-state index contributed by atoms with van der Waals surface area (Å²) in [7, 11) is 0. The van der Waals surface area contributed by atoms with Crippen LogP contribution in [0.2, 0.25) is 0 Å². The predicted octanol–water partition coefficient (Wildman–Crippen LogP) is 4.39. The Bertz CT molecular complexity index is 264. The lowest BCUT2D eigenvalue weighted by Crippen LogP contribution is -2.22. The molecule has 0 bridgehead atoms. The normalized spacial score (nSPS) is 27.5. The van der Waals surface area contributed by atoms with Crippen molar-refractivity contribution in [1.82, 2.24) is 0 Å². The summed E-state index contributed by atoms with van der Waals surface area (Å²) in [5.41, 5.74) is 0. The zero-order valence-corrected chi connectivity index (χ0v) is 10.8. The van der Waals surface area contributed by atoms with E-state index in [9.17, 15) is 13.2 Å². The minimum Gasteiger partial charge on any atom is -0.197 e. The van der Waals surface area contributed by atoms with Gasteiger partial charge in [-0.05, 0) is 24.7 Å². The van der Waals surface area contributed by atoms with Crippen LogP contribution in [-0.4, -0.2) is 17.2 Å². The molecule has 0 aromatic rings. The summed E-state index contributed by atoms with van der Waals surface area (Å²) in [5, 5.41) is 8.76. The molecule has 17 heavy (non-hydrogen) atoms. The van der Waals surface area contributed by atoms with Gasteiger partial charge in [0.05, 0.1) is 17.7 Å². The fourth-order valence-corrected chi connectivity index (χ4v) is 3.39. The first-order chi connectivity index (χ1) is 7.92. The molecule has 1 atom stereocenters. The first-order valence-electron chi connectivity index (χ1n) is 6.00.